The molecule has 1 heterocycles. The maximum atomic E-state index is 11.1. The largest absolute Gasteiger partial charge is 0.447 e. The summed E-state index contributed by atoms with van der Waals surface area (Å²) in [6, 6.07) is 0. The molecule has 1 amide bonds. The zero-order valence-electron chi connectivity index (χ0n) is 8.19. The molecule has 0 unspecified atom stereocenters. The Morgan fingerprint density at radius 2 is 2.20 bits per heavy atom. The number of carbonyl (C=O) groups excluding carboxylic acids is 2. The van der Waals surface area contributed by atoms with Crippen molar-refractivity contribution in [3.8, 4) is 0 Å². The summed E-state index contributed by atoms with van der Waals surface area (Å²) in [5, 5.41) is 0. The Labute approximate surface area is 87.3 Å². The first-order chi connectivity index (χ1) is 7.06. The van der Waals surface area contributed by atoms with Crippen LogP contribution in [0, 0.1) is 0 Å². The number of ether oxygens (including phenoxy) is 2. The molecule has 80 valence electrons. The van der Waals surface area contributed by atoms with Gasteiger partial charge in [0, 0.05) is 6.08 Å². The van der Waals surface area contributed by atoms with Crippen molar-refractivity contribution in [3.63, 3.8) is 0 Å². The van der Waals surface area contributed by atoms with Gasteiger partial charge < -0.3 is 9.47 Å². The second-order valence-electron chi connectivity index (χ2n) is 2.76. The van der Waals surface area contributed by atoms with E-state index in [9.17, 15) is 9.59 Å². The Morgan fingerprint density at radius 3 is 2.67 bits per heavy atom. The van der Waals surface area contributed by atoms with Crippen LogP contribution in [0.3, 0.4) is 0 Å². The molecule has 0 spiro atoms. The van der Waals surface area contributed by atoms with Gasteiger partial charge in [0.1, 0.15) is 12.4 Å². The Morgan fingerprint density at radius 1 is 1.53 bits per heavy atom. The standard InChI is InChI=1S/C10H11NO4/c1-4-9(12)15-8(3)7(2)11-5-6-14-10(11)13/h4H,1-3,5-6H2. The van der Waals surface area contributed by atoms with E-state index in [1.54, 1.807) is 0 Å². The highest BCUT2D eigenvalue weighted by atomic mass is 16.6. The average Bonchev–Trinajstić information content (AvgIpc) is 2.63. The van der Waals surface area contributed by atoms with E-state index >= 15 is 0 Å². The van der Waals surface area contributed by atoms with Gasteiger partial charge in [0.2, 0.25) is 0 Å². The molecule has 1 rings (SSSR count). The van der Waals surface area contributed by atoms with Gasteiger partial charge in [-0.25, -0.2) is 9.59 Å². The molecule has 5 heteroatoms. The monoisotopic (exact) mass is 209 g/mol. The third-order valence-electron chi connectivity index (χ3n) is 1.80. The summed E-state index contributed by atoms with van der Waals surface area (Å²) < 4.78 is 9.41. The molecule has 0 bridgehead atoms. The molecule has 1 fully saturated rings. The summed E-state index contributed by atoms with van der Waals surface area (Å²) in [6.45, 7) is 11.0. The summed E-state index contributed by atoms with van der Waals surface area (Å²) in [5.74, 6) is -0.632. The fourth-order valence-electron chi connectivity index (χ4n) is 1.01. The molecule has 0 N–H and O–H groups in total. The Hall–Kier alpha value is -2.04. The number of esters is 1. The van der Waals surface area contributed by atoms with Gasteiger partial charge in [0.15, 0.2) is 0 Å². The number of rotatable bonds is 4. The van der Waals surface area contributed by atoms with Crippen molar-refractivity contribution in [1.29, 1.82) is 0 Å². The van der Waals surface area contributed by atoms with Crippen molar-refractivity contribution < 1.29 is 19.1 Å². The van der Waals surface area contributed by atoms with E-state index in [1.807, 2.05) is 0 Å². The molecule has 1 saturated heterocycles. The molecule has 0 aromatic carbocycles. The SMILES string of the molecule is C=CC(=O)OC(=C)C(=C)N1CCOC1=O. The second kappa shape index (κ2) is 4.45. The topological polar surface area (TPSA) is 55.8 Å². The van der Waals surface area contributed by atoms with E-state index in [0.717, 1.165) is 6.08 Å². The van der Waals surface area contributed by atoms with Gasteiger partial charge in [-0.1, -0.05) is 19.7 Å². The summed E-state index contributed by atoms with van der Waals surface area (Å²) in [7, 11) is 0. The lowest BCUT2D eigenvalue weighted by atomic mass is 10.4. The van der Waals surface area contributed by atoms with E-state index in [2.05, 4.69) is 19.7 Å². The van der Waals surface area contributed by atoms with Gasteiger partial charge in [-0.05, 0) is 0 Å². The van der Waals surface area contributed by atoms with Gasteiger partial charge in [0.25, 0.3) is 0 Å². The highest BCUT2D eigenvalue weighted by Crippen LogP contribution is 2.17. The fourth-order valence-corrected chi connectivity index (χ4v) is 1.01. The first-order valence-corrected chi connectivity index (χ1v) is 4.23. The van der Waals surface area contributed by atoms with Crippen LogP contribution in [0.5, 0.6) is 0 Å². The van der Waals surface area contributed by atoms with Crippen molar-refractivity contribution in [3.05, 3.63) is 37.3 Å². The van der Waals surface area contributed by atoms with Crippen molar-refractivity contribution in [2.75, 3.05) is 13.2 Å². The van der Waals surface area contributed by atoms with Gasteiger partial charge in [-0.15, -0.1) is 0 Å². The van der Waals surface area contributed by atoms with Gasteiger partial charge in [-0.3, -0.25) is 4.90 Å². The Balaban J connectivity index is 2.60. The number of cyclic esters (lactones) is 1. The van der Waals surface area contributed by atoms with Gasteiger partial charge in [-0.2, -0.15) is 0 Å². The minimum atomic E-state index is -0.645. The minimum Gasteiger partial charge on any atom is -0.447 e. The molecule has 0 aromatic rings. The fraction of sp³-hybridized carbons (Fsp3) is 0.200. The Kier molecular flexibility index (Phi) is 3.28. The molecule has 0 aliphatic carbocycles. The van der Waals surface area contributed by atoms with E-state index in [4.69, 9.17) is 9.47 Å². The highest BCUT2D eigenvalue weighted by molar-refractivity contribution is 5.82. The van der Waals surface area contributed by atoms with E-state index in [-0.39, 0.29) is 11.5 Å². The number of nitrogens with zero attached hydrogens (tertiary/aromatic N) is 1. The van der Waals surface area contributed by atoms with Crippen LogP contribution in [0.2, 0.25) is 0 Å². The highest BCUT2D eigenvalue weighted by Gasteiger charge is 2.26. The molecule has 0 radical (unpaired) electrons. The first kappa shape index (κ1) is 11.0. The molecule has 0 atom stereocenters. The number of amides is 1. The zero-order chi connectivity index (χ0) is 11.4. The summed E-state index contributed by atoms with van der Waals surface area (Å²) >= 11 is 0. The van der Waals surface area contributed by atoms with Crippen LogP contribution in [0.15, 0.2) is 37.3 Å². The lowest BCUT2D eigenvalue weighted by Crippen LogP contribution is -2.24. The van der Waals surface area contributed by atoms with E-state index < -0.39 is 12.1 Å². The summed E-state index contributed by atoms with van der Waals surface area (Å²) in [6.07, 6.45) is 0.483. The van der Waals surface area contributed by atoms with Crippen molar-refractivity contribution in [1.82, 2.24) is 4.90 Å². The third kappa shape index (κ3) is 2.46. The lowest BCUT2D eigenvalue weighted by Gasteiger charge is -2.16. The van der Waals surface area contributed by atoms with E-state index in [0.29, 0.717) is 13.2 Å². The van der Waals surface area contributed by atoms with Crippen LogP contribution in [0.4, 0.5) is 4.79 Å². The molecule has 0 aromatic heterocycles. The first-order valence-electron chi connectivity index (χ1n) is 4.23. The number of hydrogen-bond donors (Lipinski definition) is 0. The average molecular weight is 209 g/mol. The molecule has 5 nitrogen and oxygen atoms in total. The van der Waals surface area contributed by atoms with Crippen LogP contribution < -0.4 is 0 Å². The van der Waals surface area contributed by atoms with Gasteiger partial charge >= 0.3 is 12.1 Å². The van der Waals surface area contributed by atoms with E-state index in [1.165, 1.54) is 4.90 Å². The van der Waals surface area contributed by atoms with Crippen molar-refractivity contribution in [2.24, 2.45) is 0 Å². The van der Waals surface area contributed by atoms with Crippen molar-refractivity contribution >= 4 is 12.1 Å². The van der Waals surface area contributed by atoms with Crippen LogP contribution in [0.1, 0.15) is 0 Å². The third-order valence-corrected chi connectivity index (χ3v) is 1.80. The zero-order valence-corrected chi connectivity index (χ0v) is 8.19. The molecule has 15 heavy (non-hydrogen) atoms. The predicted molar refractivity (Wildman–Crippen MR) is 52.6 cm³/mol. The summed E-state index contributed by atoms with van der Waals surface area (Å²) in [4.78, 5) is 23.2. The van der Waals surface area contributed by atoms with Crippen LogP contribution in [0.25, 0.3) is 0 Å². The van der Waals surface area contributed by atoms with Gasteiger partial charge in [0.05, 0.1) is 12.2 Å². The van der Waals surface area contributed by atoms with Crippen LogP contribution in [-0.2, 0) is 14.3 Å². The van der Waals surface area contributed by atoms with Crippen molar-refractivity contribution in [2.45, 2.75) is 0 Å². The molecular weight excluding hydrogens is 198 g/mol. The van der Waals surface area contributed by atoms with Crippen LogP contribution in [-0.4, -0.2) is 30.1 Å². The maximum absolute atomic E-state index is 11.1. The number of carbonyl (C=O) groups is 2. The number of hydrogen-bond acceptors (Lipinski definition) is 4. The Bertz CT molecular complexity index is 345. The normalized spacial score (nSPS) is 14.4. The lowest BCUT2D eigenvalue weighted by molar-refractivity contribution is -0.133. The summed E-state index contributed by atoms with van der Waals surface area (Å²) in [5.41, 5.74) is 0.215. The molecular formula is C10H11NO4. The second-order valence-corrected chi connectivity index (χ2v) is 2.76. The molecule has 0 saturated carbocycles. The molecule has 1 aliphatic rings. The van der Waals surface area contributed by atoms with Crippen LogP contribution >= 0.6 is 0 Å². The maximum Gasteiger partial charge on any atom is 0.414 e. The minimum absolute atomic E-state index is 0.0127. The quantitative estimate of drug-likeness (QED) is 0.302. The predicted octanol–water partition coefficient (Wildman–Crippen LogP) is 1.20. The smallest absolute Gasteiger partial charge is 0.414 e. The molecule has 1 aliphatic heterocycles.